The van der Waals surface area contributed by atoms with E-state index in [4.69, 9.17) is 10.5 Å². The van der Waals surface area contributed by atoms with Crippen molar-refractivity contribution < 1.29 is 14.5 Å². The van der Waals surface area contributed by atoms with E-state index in [0.29, 0.717) is 22.6 Å². The summed E-state index contributed by atoms with van der Waals surface area (Å²) in [5.74, 6) is 0.488. The molecule has 0 saturated carbocycles. The average Bonchev–Trinajstić information content (AvgIpc) is 2.40. The average molecular weight is 363 g/mol. The van der Waals surface area contributed by atoms with Crippen molar-refractivity contribution in [2.45, 2.75) is 18.7 Å². The highest BCUT2D eigenvalue weighted by Crippen LogP contribution is 2.30. The van der Waals surface area contributed by atoms with E-state index in [1.807, 2.05) is 0 Å². The fourth-order valence-electron chi connectivity index (χ4n) is 1.43. The first-order valence-corrected chi connectivity index (χ1v) is 7.83. The van der Waals surface area contributed by atoms with Crippen molar-refractivity contribution in [3.8, 4) is 0 Å². The molecule has 0 heterocycles. The summed E-state index contributed by atoms with van der Waals surface area (Å²) in [6, 6.07) is 4.17. The number of benzene rings is 1. The Balaban J connectivity index is 2.56. The second kappa shape index (κ2) is 8.23. The highest BCUT2D eigenvalue weighted by Gasteiger charge is 2.17. The normalized spacial score (nSPS) is 11.9. The predicted molar refractivity (Wildman–Crippen MR) is 81.6 cm³/mol. The largest absolute Gasteiger partial charge is 0.465 e. The molecule has 8 heteroatoms. The highest BCUT2D eigenvalue weighted by atomic mass is 79.9. The molecule has 20 heavy (non-hydrogen) atoms. The number of nitro groups is 1. The Labute approximate surface area is 129 Å². The third-order valence-electron chi connectivity index (χ3n) is 2.40. The zero-order valence-electron chi connectivity index (χ0n) is 10.9. The van der Waals surface area contributed by atoms with Gasteiger partial charge in [-0.15, -0.1) is 0 Å². The van der Waals surface area contributed by atoms with Crippen LogP contribution in [-0.2, 0) is 15.3 Å². The lowest BCUT2D eigenvalue weighted by molar-refractivity contribution is -0.385. The number of nitrogens with zero attached hydrogens (tertiary/aromatic N) is 1. The van der Waals surface area contributed by atoms with E-state index in [-0.39, 0.29) is 5.69 Å². The highest BCUT2D eigenvalue weighted by molar-refractivity contribution is 9.10. The minimum Gasteiger partial charge on any atom is -0.465 e. The van der Waals surface area contributed by atoms with Gasteiger partial charge >= 0.3 is 5.97 Å². The monoisotopic (exact) mass is 362 g/mol. The summed E-state index contributed by atoms with van der Waals surface area (Å²) in [4.78, 5) is 21.7. The lowest BCUT2D eigenvalue weighted by atomic mass is 10.2. The minimum atomic E-state index is -0.683. The zero-order chi connectivity index (χ0) is 15.1. The number of carbonyl (C=O) groups excluding carboxylic acids is 1. The number of nitrogens with two attached hydrogens (primary N) is 1. The van der Waals surface area contributed by atoms with Gasteiger partial charge in [0, 0.05) is 17.6 Å². The Kier molecular flexibility index (Phi) is 6.97. The smallest absolute Gasteiger partial charge is 0.323 e. The summed E-state index contributed by atoms with van der Waals surface area (Å²) >= 11 is 4.65. The van der Waals surface area contributed by atoms with Crippen molar-refractivity contribution in [2.24, 2.45) is 5.73 Å². The molecule has 2 N–H and O–H groups in total. The van der Waals surface area contributed by atoms with Gasteiger partial charge in [-0.3, -0.25) is 14.9 Å². The van der Waals surface area contributed by atoms with Crippen molar-refractivity contribution in [2.75, 3.05) is 12.4 Å². The van der Waals surface area contributed by atoms with E-state index >= 15 is 0 Å². The summed E-state index contributed by atoms with van der Waals surface area (Å²) in [5.41, 5.74) is 6.49. The number of nitro benzene ring substituents is 1. The quantitative estimate of drug-likeness (QED) is 0.454. The Morgan fingerprint density at radius 3 is 2.90 bits per heavy atom. The number of esters is 1. The summed E-state index contributed by atoms with van der Waals surface area (Å²) in [6.45, 7) is 2.02. The molecule has 0 aromatic heterocycles. The van der Waals surface area contributed by atoms with Crippen LogP contribution in [0.15, 0.2) is 22.7 Å². The van der Waals surface area contributed by atoms with E-state index in [0.717, 1.165) is 5.56 Å². The summed E-state index contributed by atoms with van der Waals surface area (Å²) in [5, 5.41) is 10.8. The molecule has 0 aliphatic heterocycles. The van der Waals surface area contributed by atoms with Gasteiger partial charge in [-0.2, -0.15) is 11.8 Å². The molecule has 110 valence electrons. The first-order valence-electron chi connectivity index (χ1n) is 5.89. The Hall–Kier alpha value is -1.12. The van der Waals surface area contributed by atoms with E-state index < -0.39 is 16.9 Å². The Morgan fingerprint density at radius 2 is 2.30 bits per heavy atom. The van der Waals surface area contributed by atoms with Crippen LogP contribution in [0.5, 0.6) is 0 Å². The van der Waals surface area contributed by atoms with Crippen molar-refractivity contribution in [3.05, 3.63) is 38.3 Å². The third-order valence-corrected chi connectivity index (χ3v) is 4.42. The lowest BCUT2D eigenvalue weighted by Gasteiger charge is -2.10. The molecule has 0 aliphatic carbocycles. The fraction of sp³-hybridized carbons (Fsp3) is 0.417. The van der Waals surface area contributed by atoms with Gasteiger partial charge in [-0.25, -0.2) is 0 Å². The van der Waals surface area contributed by atoms with E-state index in [1.54, 1.807) is 19.1 Å². The van der Waals surface area contributed by atoms with Crippen molar-refractivity contribution in [3.63, 3.8) is 0 Å². The predicted octanol–water partition coefficient (Wildman–Crippen LogP) is 2.48. The number of halogens is 1. The zero-order valence-corrected chi connectivity index (χ0v) is 13.3. The van der Waals surface area contributed by atoms with Gasteiger partial charge < -0.3 is 10.5 Å². The molecule has 0 saturated heterocycles. The van der Waals surface area contributed by atoms with E-state index in [9.17, 15) is 14.9 Å². The summed E-state index contributed by atoms with van der Waals surface area (Å²) < 4.78 is 5.27. The number of carbonyl (C=O) groups is 1. The third kappa shape index (κ3) is 4.77. The van der Waals surface area contributed by atoms with Gasteiger partial charge in [0.2, 0.25) is 0 Å². The first-order chi connectivity index (χ1) is 9.47. The Bertz CT molecular complexity index is 498. The Morgan fingerprint density at radius 1 is 1.60 bits per heavy atom. The molecular weight excluding hydrogens is 348 g/mol. The standard InChI is InChI=1S/C12H15BrN2O4S/c1-2-19-12(16)9(14)7-20-6-8-4-3-5-10(11(8)13)15(17)18/h3-5,9H,2,6-7,14H2,1H3. The number of hydrogen-bond donors (Lipinski definition) is 1. The second-order valence-corrected chi connectivity index (χ2v) is 5.70. The molecule has 0 aliphatic rings. The van der Waals surface area contributed by atoms with Crippen LogP contribution in [0, 0.1) is 10.1 Å². The van der Waals surface area contributed by atoms with Crippen LogP contribution in [0.4, 0.5) is 5.69 Å². The van der Waals surface area contributed by atoms with Crippen molar-refractivity contribution in [1.82, 2.24) is 0 Å². The van der Waals surface area contributed by atoms with Crippen LogP contribution >= 0.6 is 27.7 Å². The van der Waals surface area contributed by atoms with Gasteiger partial charge in [0.1, 0.15) is 6.04 Å². The lowest BCUT2D eigenvalue weighted by Crippen LogP contribution is -2.34. The van der Waals surface area contributed by atoms with Crippen molar-refractivity contribution in [1.29, 1.82) is 0 Å². The molecule has 1 aromatic rings. The molecule has 1 aromatic carbocycles. The minimum absolute atomic E-state index is 0.0257. The molecular formula is C12H15BrN2O4S. The molecule has 0 spiro atoms. The maximum absolute atomic E-state index is 11.3. The SMILES string of the molecule is CCOC(=O)C(N)CSCc1cccc([N+](=O)[O-])c1Br. The van der Waals surface area contributed by atoms with Gasteiger partial charge in [0.05, 0.1) is 16.0 Å². The summed E-state index contributed by atoms with van der Waals surface area (Å²) in [7, 11) is 0. The topological polar surface area (TPSA) is 95.5 Å². The van der Waals surface area contributed by atoms with Crippen molar-refractivity contribution >= 4 is 39.3 Å². The number of ether oxygens (including phenoxy) is 1. The molecule has 1 rings (SSSR count). The van der Waals surface area contributed by atoms with E-state index in [1.165, 1.54) is 17.8 Å². The number of rotatable bonds is 7. The van der Waals surface area contributed by atoms with Gasteiger partial charge in [0.25, 0.3) is 5.69 Å². The van der Waals surface area contributed by atoms with Gasteiger partial charge in [-0.1, -0.05) is 12.1 Å². The molecule has 1 atom stereocenters. The molecule has 0 fully saturated rings. The maximum Gasteiger partial charge on any atom is 0.323 e. The molecule has 1 unspecified atom stereocenters. The van der Waals surface area contributed by atoms with E-state index in [2.05, 4.69) is 15.9 Å². The maximum atomic E-state index is 11.3. The molecule has 0 amide bonds. The van der Waals surface area contributed by atoms with Crippen LogP contribution in [0.2, 0.25) is 0 Å². The van der Waals surface area contributed by atoms with Crippen LogP contribution in [-0.4, -0.2) is 29.3 Å². The molecule has 6 nitrogen and oxygen atoms in total. The van der Waals surface area contributed by atoms with Gasteiger partial charge in [0.15, 0.2) is 0 Å². The van der Waals surface area contributed by atoms with Crippen LogP contribution in [0.1, 0.15) is 12.5 Å². The number of hydrogen-bond acceptors (Lipinski definition) is 6. The number of thioether (sulfide) groups is 1. The van der Waals surface area contributed by atoms with Crippen LogP contribution < -0.4 is 5.73 Å². The fourth-order valence-corrected chi connectivity index (χ4v) is 3.14. The van der Waals surface area contributed by atoms with Crippen LogP contribution in [0.25, 0.3) is 0 Å². The molecule has 0 radical (unpaired) electrons. The molecule has 0 bridgehead atoms. The summed E-state index contributed by atoms with van der Waals surface area (Å²) in [6.07, 6.45) is 0. The van der Waals surface area contributed by atoms with Gasteiger partial charge in [-0.05, 0) is 28.4 Å². The first kappa shape index (κ1) is 16.9. The second-order valence-electron chi connectivity index (χ2n) is 3.88. The van der Waals surface area contributed by atoms with Crippen LogP contribution in [0.3, 0.4) is 0 Å².